The summed E-state index contributed by atoms with van der Waals surface area (Å²) >= 11 is 7.85. The predicted molar refractivity (Wildman–Crippen MR) is 110 cm³/mol. The quantitative estimate of drug-likeness (QED) is 0.628. The van der Waals surface area contributed by atoms with Gasteiger partial charge in [-0.1, -0.05) is 23.7 Å². The molecule has 0 spiro atoms. The third-order valence-electron chi connectivity index (χ3n) is 4.47. The van der Waals surface area contributed by atoms with Crippen molar-refractivity contribution in [2.45, 2.75) is 19.9 Å². The first-order valence-electron chi connectivity index (χ1n) is 8.98. The Labute approximate surface area is 164 Å². The predicted octanol–water partition coefficient (Wildman–Crippen LogP) is 3.04. The second-order valence-electron chi connectivity index (χ2n) is 6.48. The molecule has 1 saturated heterocycles. The Balaban J connectivity index is 1.43. The molecule has 7 heteroatoms. The van der Waals surface area contributed by atoms with Crippen molar-refractivity contribution < 1.29 is 0 Å². The van der Waals surface area contributed by atoms with Gasteiger partial charge in [0.05, 0.1) is 5.01 Å². The van der Waals surface area contributed by atoms with Gasteiger partial charge in [-0.15, -0.1) is 11.3 Å². The van der Waals surface area contributed by atoms with Gasteiger partial charge in [0.2, 0.25) is 0 Å². The van der Waals surface area contributed by atoms with Crippen LogP contribution in [0.15, 0.2) is 35.5 Å². The van der Waals surface area contributed by atoms with Crippen LogP contribution in [-0.4, -0.2) is 60.5 Å². The summed E-state index contributed by atoms with van der Waals surface area (Å²) in [7, 11) is 1.86. The highest BCUT2D eigenvalue weighted by Crippen LogP contribution is 2.14. The highest BCUT2D eigenvalue weighted by atomic mass is 35.5. The van der Waals surface area contributed by atoms with Gasteiger partial charge in [0.25, 0.3) is 0 Å². The minimum absolute atomic E-state index is 0.807. The molecule has 0 unspecified atom stereocenters. The van der Waals surface area contributed by atoms with Gasteiger partial charge in [0.15, 0.2) is 5.96 Å². The maximum Gasteiger partial charge on any atom is 0.193 e. The molecule has 2 heterocycles. The molecule has 0 bridgehead atoms. The maximum atomic E-state index is 6.09. The smallest absolute Gasteiger partial charge is 0.193 e. The Morgan fingerprint density at radius 1 is 1.31 bits per heavy atom. The number of thiazole rings is 1. The van der Waals surface area contributed by atoms with E-state index in [1.54, 1.807) is 11.3 Å². The summed E-state index contributed by atoms with van der Waals surface area (Å²) in [5, 5.41) is 5.46. The third-order valence-corrected chi connectivity index (χ3v) is 5.68. The van der Waals surface area contributed by atoms with Gasteiger partial charge in [-0.3, -0.25) is 9.89 Å². The molecule has 26 heavy (non-hydrogen) atoms. The molecular weight excluding hydrogens is 366 g/mol. The van der Waals surface area contributed by atoms with Crippen LogP contribution in [0.1, 0.15) is 15.4 Å². The Morgan fingerprint density at radius 2 is 2.12 bits per heavy atom. The monoisotopic (exact) mass is 391 g/mol. The summed E-state index contributed by atoms with van der Waals surface area (Å²) in [4.78, 5) is 14.9. The first kappa shape index (κ1) is 19.1. The fourth-order valence-corrected chi connectivity index (χ4v) is 4.14. The summed E-state index contributed by atoms with van der Waals surface area (Å²) in [6, 6.07) is 8.13. The zero-order chi connectivity index (χ0) is 18.4. The van der Waals surface area contributed by atoms with Crippen molar-refractivity contribution in [3.05, 3.63) is 50.9 Å². The van der Waals surface area contributed by atoms with Crippen molar-refractivity contribution >= 4 is 28.9 Å². The molecule has 0 atom stereocenters. The van der Waals surface area contributed by atoms with E-state index in [9.17, 15) is 0 Å². The van der Waals surface area contributed by atoms with Crippen molar-refractivity contribution in [3.8, 4) is 0 Å². The maximum absolute atomic E-state index is 6.09. The van der Waals surface area contributed by atoms with Crippen LogP contribution in [0.25, 0.3) is 0 Å². The van der Waals surface area contributed by atoms with E-state index in [4.69, 9.17) is 11.6 Å². The van der Waals surface area contributed by atoms with E-state index in [-0.39, 0.29) is 0 Å². The summed E-state index contributed by atoms with van der Waals surface area (Å²) in [5.41, 5.74) is 1.27. The van der Waals surface area contributed by atoms with Crippen molar-refractivity contribution in [2.75, 3.05) is 39.8 Å². The molecule has 0 saturated carbocycles. The largest absolute Gasteiger partial charge is 0.356 e. The molecule has 1 aromatic carbocycles. The second-order valence-corrected chi connectivity index (χ2v) is 8.24. The molecule has 5 nitrogen and oxygen atoms in total. The van der Waals surface area contributed by atoms with Gasteiger partial charge in [-0.25, -0.2) is 4.98 Å². The van der Waals surface area contributed by atoms with Crippen molar-refractivity contribution in [3.63, 3.8) is 0 Å². The number of aliphatic imine (C=N–C) groups is 1. The Bertz CT molecular complexity index is 737. The standard InChI is InChI=1S/C19H26ClN5S/c1-15-13-23-18(26-15)6-7-22-19(21-2)25-10-8-24(9-11-25)14-16-4-3-5-17(20)12-16/h3-5,12-13H,6-11,14H2,1-2H3,(H,21,22). The molecule has 1 N–H and O–H groups in total. The van der Waals surface area contributed by atoms with Crippen LogP contribution in [0.5, 0.6) is 0 Å². The van der Waals surface area contributed by atoms with E-state index in [2.05, 4.69) is 44.1 Å². The molecule has 2 aromatic rings. The molecule has 1 aliphatic heterocycles. The first-order chi connectivity index (χ1) is 12.6. The van der Waals surface area contributed by atoms with Gasteiger partial charge in [-0.2, -0.15) is 0 Å². The zero-order valence-electron chi connectivity index (χ0n) is 15.4. The average molecular weight is 392 g/mol. The molecule has 0 amide bonds. The highest BCUT2D eigenvalue weighted by Gasteiger charge is 2.19. The second kappa shape index (κ2) is 9.35. The number of benzene rings is 1. The number of aromatic nitrogens is 1. The van der Waals surface area contributed by atoms with E-state index < -0.39 is 0 Å². The molecular formula is C19H26ClN5S. The van der Waals surface area contributed by atoms with Crippen LogP contribution in [0.3, 0.4) is 0 Å². The number of rotatable bonds is 5. The summed E-state index contributed by atoms with van der Waals surface area (Å²) < 4.78 is 0. The average Bonchev–Trinajstić information content (AvgIpc) is 3.05. The van der Waals surface area contributed by atoms with Gasteiger partial charge < -0.3 is 10.2 Å². The van der Waals surface area contributed by atoms with Crippen molar-refractivity contribution in [1.29, 1.82) is 0 Å². The highest BCUT2D eigenvalue weighted by molar-refractivity contribution is 7.11. The van der Waals surface area contributed by atoms with Crippen LogP contribution >= 0.6 is 22.9 Å². The summed E-state index contributed by atoms with van der Waals surface area (Å²) in [5.74, 6) is 0.987. The van der Waals surface area contributed by atoms with Gasteiger partial charge in [-0.05, 0) is 24.6 Å². The summed E-state index contributed by atoms with van der Waals surface area (Å²) in [6.45, 7) is 7.92. The molecule has 140 valence electrons. The number of aryl methyl sites for hydroxylation is 1. The number of guanidine groups is 1. The minimum atomic E-state index is 0.807. The normalized spacial score (nSPS) is 16.1. The molecule has 3 rings (SSSR count). The van der Waals surface area contributed by atoms with Crippen LogP contribution in [-0.2, 0) is 13.0 Å². The van der Waals surface area contributed by atoms with Crippen LogP contribution < -0.4 is 5.32 Å². The lowest BCUT2D eigenvalue weighted by atomic mass is 10.2. The van der Waals surface area contributed by atoms with E-state index in [1.165, 1.54) is 15.4 Å². The van der Waals surface area contributed by atoms with Crippen molar-refractivity contribution in [2.24, 2.45) is 4.99 Å². The number of hydrogen-bond acceptors (Lipinski definition) is 4. The van der Waals surface area contributed by atoms with Gasteiger partial charge in [0, 0.05) is 68.8 Å². The Morgan fingerprint density at radius 3 is 2.77 bits per heavy atom. The van der Waals surface area contributed by atoms with Crippen LogP contribution in [0.4, 0.5) is 0 Å². The van der Waals surface area contributed by atoms with E-state index in [0.29, 0.717) is 0 Å². The topological polar surface area (TPSA) is 43.8 Å². The fraction of sp³-hybridized carbons (Fsp3) is 0.474. The van der Waals surface area contributed by atoms with Crippen molar-refractivity contribution in [1.82, 2.24) is 20.1 Å². The van der Waals surface area contributed by atoms with Gasteiger partial charge in [0.1, 0.15) is 0 Å². The minimum Gasteiger partial charge on any atom is -0.356 e. The lowest BCUT2D eigenvalue weighted by Gasteiger charge is -2.36. The van der Waals surface area contributed by atoms with Gasteiger partial charge >= 0.3 is 0 Å². The molecule has 1 fully saturated rings. The lowest BCUT2D eigenvalue weighted by Crippen LogP contribution is -2.52. The molecule has 1 aliphatic rings. The van der Waals surface area contributed by atoms with E-state index in [1.807, 2.05) is 25.4 Å². The number of piperazine rings is 1. The number of nitrogens with zero attached hydrogens (tertiary/aromatic N) is 4. The summed E-state index contributed by atoms with van der Waals surface area (Å²) in [6.07, 6.45) is 2.88. The van der Waals surface area contributed by atoms with Crippen LogP contribution in [0.2, 0.25) is 5.02 Å². The van der Waals surface area contributed by atoms with Crippen LogP contribution in [0, 0.1) is 6.92 Å². The lowest BCUT2D eigenvalue weighted by molar-refractivity contribution is 0.172. The molecule has 0 aliphatic carbocycles. The number of hydrogen-bond donors (Lipinski definition) is 1. The van der Waals surface area contributed by atoms with E-state index in [0.717, 1.165) is 56.7 Å². The van der Waals surface area contributed by atoms with E-state index >= 15 is 0 Å². The first-order valence-corrected chi connectivity index (χ1v) is 10.2. The fourth-order valence-electron chi connectivity index (χ4n) is 3.14. The third kappa shape index (κ3) is 5.43. The zero-order valence-corrected chi connectivity index (χ0v) is 17.0. The molecule has 1 aromatic heterocycles. The Hall–Kier alpha value is -1.63. The number of halogens is 1. The molecule has 0 radical (unpaired) electrons. The number of nitrogens with one attached hydrogen (secondary N) is 1. The Kier molecular flexibility index (Phi) is 6.88. The SMILES string of the molecule is CN=C(NCCc1ncc(C)s1)N1CCN(Cc2cccc(Cl)c2)CC1.